The summed E-state index contributed by atoms with van der Waals surface area (Å²) in [6, 6.07) is 7.24. The van der Waals surface area contributed by atoms with Crippen LogP contribution in [0.5, 0.6) is 0 Å². The van der Waals surface area contributed by atoms with E-state index in [1.807, 2.05) is 18.2 Å². The van der Waals surface area contributed by atoms with Gasteiger partial charge in [-0.1, -0.05) is 26.0 Å². The third-order valence-corrected chi connectivity index (χ3v) is 3.56. The fourth-order valence-electron chi connectivity index (χ4n) is 2.39. The van der Waals surface area contributed by atoms with Gasteiger partial charge >= 0.3 is 5.97 Å². The Kier molecular flexibility index (Phi) is 3.69. The lowest BCUT2D eigenvalue weighted by Crippen LogP contribution is -2.17. The number of rotatable bonds is 4. The highest BCUT2D eigenvalue weighted by Crippen LogP contribution is 2.25. The van der Waals surface area contributed by atoms with Crippen molar-refractivity contribution in [3.8, 4) is 0 Å². The standard InChI is InChI=1S/C15H17NO3/c1-3-9(4-2)10-5-6-11-7-12(15(18)19)14(17)16-13(11)8-10/h5-9H,3-4H2,1-2H3,(H,16,17)(H,18,19). The van der Waals surface area contributed by atoms with Crippen LogP contribution < -0.4 is 5.56 Å². The van der Waals surface area contributed by atoms with Crippen LogP contribution in [0.25, 0.3) is 10.9 Å². The fourth-order valence-corrected chi connectivity index (χ4v) is 2.39. The lowest BCUT2D eigenvalue weighted by Gasteiger charge is -2.13. The van der Waals surface area contributed by atoms with Crippen LogP contribution in [-0.4, -0.2) is 16.1 Å². The van der Waals surface area contributed by atoms with Crippen molar-refractivity contribution < 1.29 is 9.90 Å². The van der Waals surface area contributed by atoms with E-state index in [1.165, 1.54) is 11.6 Å². The molecule has 4 heteroatoms. The van der Waals surface area contributed by atoms with Crippen molar-refractivity contribution in [2.75, 3.05) is 0 Å². The zero-order valence-electron chi connectivity index (χ0n) is 11.1. The monoisotopic (exact) mass is 259 g/mol. The highest BCUT2D eigenvalue weighted by atomic mass is 16.4. The molecule has 100 valence electrons. The Balaban J connectivity index is 2.59. The van der Waals surface area contributed by atoms with Gasteiger partial charge in [-0.25, -0.2) is 4.79 Å². The summed E-state index contributed by atoms with van der Waals surface area (Å²) >= 11 is 0. The van der Waals surface area contributed by atoms with Crippen LogP contribution in [0.3, 0.4) is 0 Å². The van der Waals surface area contributed by atoms with Crippen molar-refractivity contribution in [1.29, 1.82) is 0 Å². The van der Waals surface area contributed by atoms with E-state index < -0.39 is 11.5 Å². The number of hydrogen-bond acceptors (Lipinski definition) is 2. The molecule has 1 heterocycles. The van der Waals surface area contributed by atoms with E-state index in [-0.39, 0.29) is 5.56 Å². The number of aromatic amines is 1. The Morgan fingerprint density at radius 1 is 1.26 bits per heavy atom. The molecule has 2 rings (SSSR count). The van der Waals surface area contributed by atoms with Crippen molar-refractivity contribution in [2.24, 2.45) is 0 Å². The second-order valence-electron chi connectivity index (χ2n) is 4.68. The minimum absolute atomic E-state index is 0.220. The minimum atomic E-state index is -1.20. The van der Waals surface area contributed by atoms with Gasteiger partial charge in [-0.05, 0) is 41.8 Å². The number of carboxylic acid groups (broad SMARTS) is 1. The quantitative estimate of drug-likeness (QED) is 0.886. The van der Waals surface area contributed by atoms with Crippen LogP contribution in [0, 0.1) is 0 Å². The Hall–Kier alpha value is -2.10. The molecule has 2 N–H and O–H groups in total. The van der Waals surface area contributed by atoms with Gasteiger partial charge in [0.2, 0.25) is 0 Å². The summed E-state index contributed by atoms with van der Waals surface area (Å²) in [5, 5.41) is 9.67. The molecule has 0 bridgehead atoms. The highest BCUT2D eigenvalue weighted by Gasteiger charge is 2.12. The molecule has 0 aliphatic carbocycles. The molecule has 2 aromatic rings. The average Bonchev–Trinajstić information content (AvgIpc) is 2.38. The molecule has 1 aromatic carbocycles. The van der Waals surface area contributed by atoms with Gasteiger partial charge in [0.05, 0.1) is 0 Å². The lowest BCUT2D eigenvalue weighted by molar-refractivity contribution is 0.0695. The molecule has 0 saturated heterocycles. The molecule has 0 unspecified atom stereocenters. The number of nitrogens with one attached hydrogen (secondary N) is 1. The van der Waals surface area contributed by atoms with Gasteiger partial charge in [-0.15, -0.1) is 0 Å². The first-order valence-corrected chi connectivity index (χ1v) is 6.47. The van der Waals surface area contributed by atoms with Crippen LogP contribution in [-0.2, 0) is 0 Å². The van der Waals surface area contributed by atoms with E-state index in [1.54, 1.807) is 0 Å². The number of benzene rings is 1. The van der Waals surface area contributed by atoms with Crippen molar-refractivity contribution in [1.82, 2.24) is 4.98 Å². The molecule has 0 fully saturated rings. The van der Waals surface area contributed by atoms with Gasteiger partial charge in [-0.2, -0.15) is 0 Å². The first-order valence-electron chi connectivity index (χ1n) is 6.47. The number of H-pyrrole nitrogens is 1. The lowest BCUT2D eigenvalue weighted by atomic mass is 9.93. The molecular weight excluding hydrogens is 242 g/mol. The molecule has 1 aromatic heterocycles. The third kappa shape index (κ3) is 2.52. The maximum Gasteiger partial charge on any atom is 0.341 e. The number of carbonyl (C=O) groups is 1. The summed E-state index contributed by atoms with van der Waals surface area (Å²) in [6.07, 6.45) is 2.08. The van der Waals surface area contributed by atoms with E-state index in [4.69, 9.17) is 5.11 Å². The molecule has 0 radical (unpaired) electrons. The van der Waals surface area contributed by atoms with Crippen LogP contribution in [0.1, 0.15) is 48.5 Å². The highest BCUT2D eigenvalue weighted by molar-refractivity contribution is 5.92. The molecule has 0 aliphatic rings. The molecule has 19 heavy (non-hydrogen) atoms. The number of fused-ring (bicyclic) bond motifs is 1. The summed E-state index contributed by atoms with van der Waals surface area (Å²) in [6.45, 7) is 4.27. The van der Waals surface area contributed by atoms with Crippen molar-refractivity contribution in [3.05, 3.63) is 45.7 Å². The topological polar surface area (TPSA) is 70.2 Å². The van der Waals surface area contributed by atoms with Gasteiger partial charge in [0.25, 0.3) is 5.56 Å². The molecule has 0 aliphatic heterocycles. The zero-order chi connectivity index (χ0) is 14.0. The summed E-state index contributed by atoms with van der Waals surface area (Å²) in [5.41, 5.74) is 1.10. The van der Waals surface area contributed by atoms with Gasteiger partial charge in [0.15, 0.2) is 0 Å². The Morgan fingerprint density at radius 2 is 1.95 bits per heavy atom. The van der Waals surface area contributed by atoms with E-state index in [2.05, 4.69) is 18.8 Å². The predicted molar refractivity (Wildman–Crippen MR) is 74.9 cm³/mol. The maximum absolute atomic E-state index is 11.7. The largest absolute Gasteiger partial charge is 0.477 e. The van der Waals surface area contributed by atoms with Crippen LogP contribution in [0.4, 0.5) is 0 Å². The van der Waals surface area contributed by atoms with Crippen molar-refractivity contribution >= 4 is 16.9 Å². The van der Waals surface area contributed by atoms with E-state index >= 15 is 0 Å². The smallest absolute Gasteiger partial charge is 0.341 e. The molecular formula is C15H17NO3. The first kappa shape index (κ1) is 13.3. The Labute approximate surface area is 111 Å². The summed E-state index contributed by atoms with van der Waals surface area (Å²) in [4.78, 5) is 25.2. The minimum Gasteiger partial charge on any atom is -0.477 e. The summed E-state index contributed by atoms with van der Waals surface area (Å²) < 4.78 is 0. The molecule has 0 amide bonds. The van der Waals surface area contributed by atoms with Crippen molar-refractivity contribution in [3.63, 3.8) is 0 Å². The normalized spacial score (nSPS) is 11.1. The van der Waals surface area contributed by atoms with Gasteiger partial charge in [0, 0.05) is 5.52 Å². The third-order valence-electron chi connectivity index (χ3n) is 3.56. The van der Waals surface area contributed by atoms with Crippen molar-refractivity contribution in [2.45, 2.75) is 32.6 Å². The van der Waals surface area contributed by atoms with E-state index in [0.29, 0.717) is 11.4 Å². The number of carboxylic acids is 1. The second-order valence-corrected chi connectivity index (χ2v) is 4.68. The van der Waals surface area contributed by atoms with Crippen LogP contribution in [0.2, 0.25) is 0 Å². The number of hydrogen-bond donors (Lipinski definition) is 2. The Bertz CT molecular complexity index is 669. The molecule has 0 spiro atoms. The number of aromatic nitrogens is 1. The van der Waals surface area contributed by atoms with Gasteiger partial charge in [-0.3, -0.25) is 4.79 Å². The van der Waals surface area contributed by atoms with E-state index in [9.17, 15) is 9.59 Å². The van der Waals surface area contributed by atoms with Crippen LogP contribution >= 0.6 is 0 Å². The molecule has 0 atom stereocenters. The maximum atomic E-state index is 11.7. The SMILES string of the molecule is CCC(CC)c1ccc2cc(C(=O)O)c(=O)[nH]c2c1. The second kappa shape index (κ2) is 5.26. The first-order chi connectivity index (χ1) is 9.06. The Morgan fingerprint density at radius 3 is 2.53 bits per heavy atom. The average molecular weight is 259 g/mol. The zero-order valence-corrected chi connectivity index (χ0v) is 11.1. The predicted octanol–water partition coefficient (Wildman–Crippen LogP) is 3.13. The fraction of sp³-hybridized carbons (Fsp3) is 0.333. The summed E-state index contributed by atoms with van der Waals surface area (Å²) in [5.74, 6) is -0.737. The number of aromatic carboxylic acids is 1. The van der Waals surface area contributed by atoms with E-state index in [0.717, 1.165) is 18.2 Å². The molecule has 4 nitrogen and oxygen atoms in total. The molecule has 0 saturated carbocycles. The van der Waals surface area contributed by atoms with Gasteiger partial charge < -0.3 is 10.1 Å². The van der Waals surface area contributed by atoms with Gasteiger partial charge in [0.1, 0.15) is 5.56 Å². The van der Waals surface area contributed by atoms with Crippen LogP contribution in [0.15, 0.2) is 29.1 Å². The summed E-state index contributed by atoms with van der Waals surface area (Å²) in [7, 11) is 0. The number of pyridine rings is 1.